The van der Waals surface area contributed by atoms with E-state index in [0.29, 0.717) is 0 Å². The Morgan fingerprint density at radius 1 is 1.20 bits per heavy atom. The molecule has 0 fully saturated rings. The summed E-state index contributed by atoms with van der Waals surface area (Å²) in [6, 6.07) is -0.502. The van der Waals surface area contributed by atoms with Gasteiger partial charge in [-0.05, 0) is 34.1 Å². The Morgan fingerprint density at radius 3 is 1.95 bits per heavy atom. The number of rotatable bonds is 8. The summed E-state index contributed by atoms with van der Waals surface area (Å²) in [5.41, 5.74) is 0. The summed E-state index contributed by atoms with van der Waals surface area (Å²) in [5, 5.41) is 8.75. The Balaban J connectivity index is 5.12. The van der Waals surface area contributed by atoms with E-state index in [4.69, 9.17) is 5.11 Å². The lowest BCUT2D eigenvalue weighted by molar-refractivity contribution is -0.137. The van der Waals surface area contributed by atoms with E-state index >= 15 is 0 Å². The van der Waals surface area contributed by atoms with E-state index in [1.54, 1.807) is 13.8 Å². The number of aliphatic carboxylic acids is 1. The van der Waals surface area contributed by atoms with Crippen molar-refractivity contribution in [3.05, 3.63) is 0 Å². The van der Waals surface area contributed by atoms with Crippen molar-refractivity contribution in [2.24, 2.45) is 0 Å². The molecular formula is C11H23NO6S2. The highest BCUT2D eigenvalue weighted by Crippen LogP contribution is 2.22. The van der Waals surface area contributed by atoms with Crippen molar-refractivity contribution < 1.29 is 26.7 Å². The maximum absolute atomic E-state index is 12.1. The van der Waals surface area contributed by atoms with Gasteiger partial charge in [-0.25, -0.2) is 16.8 Å². The Morgan fingerprint density at radius 2 is 1.65 bits per heavy atom. The Hall–Kier alpha value is -0.670. The number of carboxylic acids is 1. The summed E-state index contributed by atoms with van der Waals surface area (Å²) < 4.78 is 47.1. The van der Waals surface area contributed by atoms with Crippen molar-refractivity contribution >= 4 is 25.8 Å². The van der Waals surface area contributed by atoms with Crippen LogP contribution < -0.4 is 0 Å². The van der Waals surface area contributed by atoms with Gasteiger partial charge in [-0.15, -0.1) is 0 Å². The summed E-state index contributed by atoms with van der Waals surface area (Å²) >= 11 is 0. The molecule has 1 N–H and O–H groups in total. The smallest absolute Gasteiger partial charge is 0.318 e. The van der Waals surface area contributed by atoms with Crippen LogP contribution >= 0.6 is 0 Å². The molecule has 20 heavy (non-hydrogen) atoms. The van der Waals surface area contributed by atoms with Gasteiger partial charge in [-0.2, -0.15) is 4.31 Å². The number of hydrogen-bond donors (Lipinski definition) is 1. The number of carbonyl (C=O) groups is 1. The molecule has 0 amide bonds. The second-order valence-electron chi connectivity index (χ2n) is 5.63. The van der Waals surface area contributed by atoms with Gasteiger partial charge in [0.15, 0.2) is 9.84 Å². The maximum atomic E-state index is 12.1. The fourth-order valence-electron chi connectivity index (χ4n) is 1.41. The van der Waals surface area contributed by atoms with E-state index in [9.17, 15) is 21.6 Å². The fourth-order valence-corrected chi connectivity index (χ4v) is 3.97. The first-order valence-corrected chi connectivity index (χ1v) is 9.61. The van der Waals surface area contributed by atoms with Crippen LogP contribution in [0.1, 0.15) is 34.1 Å². The third-order valence-electron chi connectivity index (χ3n) is 3.19. The van der Waals surface area contributed by atoms with Crippen LogP contribution in [0.4, 0.5) is 0 Å². The minimum Gasteiger partial charge on any atom is -0.480 e. The highest BCUT2D eigenvalue weighted by Gasteiger charge is 2.34. The second kappa shape index (κ2) is 6.40. The largest absolute Gasteiger partial charge is 0.480 e. The van der Waals surface area contributed by atoms with Crippen molar-refractivity contribution in [1.82, 2.24) is 4.31 Å². The molecule has 120 valence electrons. The molecule has 0 aliphatic carbocycles. The van der Waals surface area contributed by atoms with Crippen molar-refractivity contribution in [3.63, 3.8) is 0 Å². The molecule has 0 aromatic rings. The Kier molecular flexibility index (Phi) is 6.18. The van der Waals surface area contributed by atoms with E-state index in [0.717, 1.165) is 10.6 Å². The molecule has 0 aromatic heterocycles. The highest BCUT2D eigenvalue weighted by molar-refractivity contribution is 7.92. The molecule has 0 spiro atoms. The van der Waals surface area contributed by atoms with Crippen LogP contribution in [0.3, 0.4) is 0 Å². The molecule has 0 rings (SSSR count). The SMILES string of the molecule is CC(C)N(CC(=O)O)S(=O)(=O)CCC(C)(C)S(C)(=O)=O. The van der Waals surface area contributed by atoms with Gasteiger partial charge in [0.05, 0.1) is 10.5 Å². The third-order valence-corrected chi connectivity index (χ3v) is 7.39. The normalized spacial score (nSPS) is 13.9. The van der Waals surface area contributed by atoms with E-state index in [1.165, 1.54) is 13.8 Å². The van der Waals surface area contributed by atoms with E-state index in [1.807, 2.05) is 0 Å². The molecule has 0 radical (unpaired) electrons. The molecular weight excluding hydrogens is 306 g/mol. The lowest BCUT2D eigenvalue weighted by Gasteiger charge is -2.27. The van der Waals surface area contributed by atoms with Crippen LogP contribution in [0.5, 0.6) is 0 Å². The summed E-state index contributed by atoms with van der Waals surface area (Å²) in [5.74, 6) is -1.65. The first-order chi connectivity index (χ1) is 8.71. The summed E-state index contributed by atoms with van der Waals surface area (Å²) in [6.07, 6.45) is 0.966. The fraction of sp³-hybridized carbons (Fsp3) is 0.909. The molecule has 0 aromatic carbocycles. The predicted molar refractivity (Wildman–Crippen MR) is 76.8 cm³/mol. The lowest BCUT2D eigenvalue weighted by atomic mass is 10.1. The average Bonchev–Trinajstić information content (AvgIpc) is 2.21. The third kappa shape index (κ3) is 5.37. The van der Waals surface area contributed by atoms with Gasteiger partial charge < -0.3 is 5.11 Å². The van der Waals surface area contributed by atoms with Gasteiger partial charge in [0, 0.05) is 12.3 Å². The van der Waals surface area contributed by atoms with Crippen molar-refractivity contribution in [1.29, 1.82) is 0 Å². The molecule has 7 nitrogen and oxygen atoms in total. The van der Waals surface area contributed by atoms with Gasteiger partial charge in [-0.1, -0.05) is 0 Å². The Bertz CT molecular complexity index is 547. The van der Waals surface area contributed by atoms with Crippen LogP contribution in [0.15, 0.2) is 0 Å². The van der Waals surface area contributed by atoms with Crippen molar-refractivity contribution in [2.75, 3.05) is 18.6 Å². The van der Waals surface area contributed by atoms with Gasteiger partial charge in [-0.3, -0.25) is 4.79 Å². The number of sulfone groups is 1. The topological polar surface area (TPSA) is 109 Å². The highest BCUT2D eigenvalue weighted by atomic mass is 32.2. The van der Waals surface area contributed by atoms with Crippen LogP contribution in [-0.4, -0.2) is 61.6 Å². The summed E-state index contributed by atoms with van der Waals surface area (Å²) in [7, 11) is -7.22. The molecule has 0 heterocycles. The van der Waals surface area contributed by atoms with E-state index in [-0.39, 0.29) is 6.42 Å². The van der Waals surface area contributed by atoms with Gasteiger partial charge in [0.25, 0.3) is 0 Å². The number of sulfonamides is 1. The minimum atomic E-state index is -3.82. The minimum absolute atomic E-state index is 0.0863. The van der Waals surface area contributed by atoms with Crippen molar-refractivity contribution in [2.45, 2.75) is 44.9 Å². The molecule has 0 bridgehead atoms. The first kappa shape index (κ1) is 19.3. The maximum Gasteiger partial charge on any atom is 0.318 e. The standard InChI is InChI=1S/C11H23NO6S2/c1-9(2)12(8-10(13)14)20(17,18)7-6-11(3,4)19(5,15)16/h9H,6-8H2,1-5H3,(H,13,14). The van der Waals surface area contributed by atoms with Gasteiger partial charge >= 0.3 is 5.97 Å². The van der Waals surface area contributed by atoms with Crippen molar-refractivity contribution in [3.8, 4) is 0 Å². The van der Waals surface area contributed by atoms with Gasteiger partial charge in [0.1, 0.15) is 6.54 Å². The molecule has 0 saturated carbocycles. The van der Waals surface area contributed by atoms with E-state index < -0.39 is 48.9 Å². The van der Waals surface area contributed by atoms with Crippen LogP contribution in [0, 0.1) is 0 Å². The quantitative estimate of drug-likeness (QED) is 0.687. The monoisotopic (exact) mass is 329 g/mol. The zero-order chi connectivity index (χ0) is 16.4. The molecule has 0 atom stereocenters. The molecule has 0 aliphatic heterocycles. The number of nitrogens with zero attached hydrogens (tertiary/aromatic N) is 1. The molecule has 0 unspecified atom stereocenters. The second-order valence-corrected chi connectivity index (χ2v) is 10.3. The first-order valence-electron chi connectivity index (χ1n) is 6.11. The lowest BCUT2D eigenvalue weighted by Crippen LogP contribution is -2.43. The summed E-state index contributed by atoms with van der Waals surface area (Å²) in [6.45, 7) is 5.42. The van der Waals surface area contributed by atoms with Crippen LogP contribution in [-0.2, 0) is 24.7 Å². The summed E-state index contributed by atoms with van der Waals surface area (Å²) in [4.78, 5) is 10.7. The zero-order valence-corrected chi connectivity index (χ0v) is 14.1. The average molecular weight is 329 g/mol. The molecule has 9 heteroatoms. The van der Waals surface area contributed by atoms with Gasteiger partial charge in [0.2, 0.25) is 10.0 Å². The number of carboxylic acid groups (broad SMARTS) is 1. The van der Waals surface area contributed by atoms with E-state index in [2.05, 4.69) is 0 Å². The predicted octanol–water partition coefficient (Wildman–Crippen LogP) is 0.325. The molecule has 0 saturated heterocycles. The van der Waals surface area contributed by atoms with Crippen LogP contribution in [0.2, 0.25) is 0 Å². The molecule has 0 aliphatic rings. The zero-order valence-electron chi connectivity index (χ0n) is 12.5. The number of hydrogen-bond acceptors (Lipinski definition) is 5. The van der Waals surface area contributed by atoms with Crippen LogP contribution in [0.25, 0.3) is 0 Å². The Labute approximate surface area is 120 Å².